The third-order valence-corrected chi connectivity index (χ3v) is 3.08. The Morgan fingerprint density at radius 2 is 2.12 bits per heavy atom. The van der Waals surface area contributed by atoms with Crippen LogP contribution < -0.4 is 0 Å². The Labute approximate surface area is 113 Å². The fourth-order valence-electron chi connectivity index (χ4n) is 1.54. The molecule has 0 bridgehead atoms. The minimum Gasteiger partial charge on any atom is -0.289 e. The van der Waals surface area contributed by atoms with Crippen LogP contribution in [0.1, 0.15) is 21.5 Å². The van der Waals surface area contributed by atoms with Crippen LogP contribution in [0.2, 0.25) is 5.02 Å². The number of aromatic nitrogens is 1. The van der Waals surface area contributed by atoms with Crippen molar-refractivity contribution in [3.63, 3.8) is 0 Å². The number of nitrogens with zero attached hydrogens (tertiary/aromatic N) is 1. The summed E-state index contributed by atoms with van der Waals surface area (Å²) < 4.78 is 0.787. The average Bonchev–Trinajstić information content (AvgIpc) is 2.27. The quantitative estimate of drug-likeness (QED) is 0.784. The second-order valence-corrected chi connectivity index (χ2v) is 5.03. The molecule has 0 spiro atoms. The summed E-state index contributed by atoms with van der Waals surface area (Å²) in [7, 11) is 0. The predicted octanol–water partition coefficient (Wildman–Crippen LogP) is 4.04. The molecule has 1 heterocycles. The van der Waals surface area contributed by atoms with Crippen molar-refractivity contribution in [2.75, 3.05) is 0 Å². The first-order valence-electron chi connectivity index (χ1n) is 4.99. The standard InChI is InChI=1S/C13H9BrClNO/c1-8-2-3-16-7-12(8)13(17)9-4-10(14)6-11(15)5-9/h2-7H,1H3. The fourth-order valence-corrected chi connectivity index (χ4v) is 2.40. The van der Waals surface area contributed by atoms with Gasteiger partial charge in [0.05, 0.1) is 0 Å². The van der Waals surface area contributed by atoms with Gasteiger partial charge >= 0.3 is 0 Å². The van der Waals surface area contributed by atoms with E-state index in [1.807, 2.05) is 13.0 Å². The van der Waals surface area contributed by atoms with Gasteiger partial charge in [0.15, 0.2) is 5.78 Å². The molecule has 1 aromatic heterocycles. The van der Waals surface area contributed by atoms with Crippen molar-refractivity contribution in [2.24, 2.45) is 0 Å². The monoisotopic (exact) mass is 309 g/mol. The van der Waals surface area contributed by atoms with Crippen LogP contribution >= 0.6 is 27.5 Å². The average molecular weight is 311 g/mol. The highest BCUT2D eigenvalue weighted by molar-refractivity contribution is 9.10. The Balaban J connectivity index is 2.48. The summed E-state index contributed by atoms with van der Waals surface area (Å²) in [5, 5.41) is 0.532. The van der Waals surface area contributed by atoms with Crippen molar-refractivity contribution in [1.29, 1.82) is 0 Å². The van der Waals surface area contributed by atoms with E-state index < -0.39 is 0 Å². The lowest BCUT2D eigenvalue weighted by atomic mass is 10.0. The summed E-state index contributed by atoms with van der Waals surface area (Å²) in [6.07, 6.45) is 3.24. The van der Waals surface area contributed by atoms with Gasteiger partial charge in [-0.05, 0) is 36.8 Å². The number of ketones is 1. The first-order valence-corrected chi connectivity index (χ1v) is 6.16. The van der Waals surface area contributed by atoms with Crippen LogP contribution in [0.15, 0.2) is 41.1 Å². The van der Waals surface area contributed by atoms with Gasteiger partial charge in [-0.25, -0.2) is 0 Å². The van der Waals surface area contributed by atoms with Crippen LogP contribution in [0, 0.1) is 6.92 Å². The molecule has 0 saturated carbocycles. The molecule has 2 rings (SSSR count). The first kappa shape index (κ1) is 12.3. The molecule has 86 valence electrons. The number of rotatable bonds is 2. The summed E-state index contributed by atoms with van der Waals surface area (Å²) in [6.45, 7) is 1.88. The van der Waals surface area contributed by atoms with E-state index in [1.54, 1.807) is 30.6 Å². The minimum absolute atomic E-state index is 0.0706. The van der Waals surface area contributed by atoms with Crippen LogP contribution in [-0.2, 0) is 0 Å². The largest absolute Gasteiger partial charge is 0.289 e. The molecular formula is C13H9BrClNO. The Kier molecular flexibility index (Phi) is 3.60. The fraction of sp³-hybridized carbons (Fsp3) is 0.0769. The number of carbonyl (C=O) groups is 1. The summed E-state index contributed by atoms with van der Waals surface area (Å²) in [4.78, 5) is 16.2. The van der Waals surface area contributed by atoms with Gasteiger partial charge in [0, 0.05) is 33.0 Å². The Hall–Kier alpha value is -1.19. The Morgan fingerprint density at radius 3 is 2.76 bits per heavy atom. The Bertz CT molecular complexity index is 563. The maximum Gasteiger partial charge on any atom is 0.194 e. The van der Waals surface area contributed by atoms with Crippen molar-refractivity contribution in [3.05, 3.63) is 62.8 Å². The van der Waals surface area contributed by atoms with Gasteiger partial charge in [-0.1, -0.05) is 27.5 Å². The molecule has 17 heavy (non-hydrogen) atoms. The molecule has 4 heteroatoms. The van der Waals surface area contributed by atoms with E-state index in [2.05, 4.69) is 20.9 Å². The highest BCUT2D eigenvalue weighted by Crippen LogP contribution is 2.22. The van der Waals surface area contributed by atoms with Crippen molar-refractivity contribution >= 4 is 33.3 Å². The molecule has 0 unspecified atom stereocenters. The van der Waals surface area contributed by atoms with Crippen LogP contribution in [0.5, 0.6) is 0 Å². The van der Waals surface area contributed by atoms with Crippen LogP contribution in [0.3, 0.4) is 0 Å². The van der Waals surface area contributed by atoms with Gasteiger partial charge in [0.25, 0.3) is 0 Å². The zero-order valence-corrected chi connectivity index (χ0v) is 11.4. The van der Waals surface area contributed by atoms with Crippen molar-refractivity contribution in [3.8, 4) is 0 Å². The third-order valence-electron chi connectivity index (χ3n) is 2.41. The summed E-state index contributed by atoms with van der Waals surface area (Å²) >= 11 is 9.24. The zero-order valence-electron chi connectivity index (χ0n) is 9.08. The van der Waals surface area contributed by atoms with E-state index in [-0.39, 0.29) is 5.78 Å². The summed E-state index contributed by atoms with van der Waals surface area (Å²) in [5.41, 5.74) is 2.06. The van der Waals surface area contributed by atoms with E-state index >= 15 is 0 Å². The molecule has 0 aliphatic rings. The molecule has 2 aromatic rings. The van der Waals surface area contributed by atoms with Crippen molar-refractivity contribution in [1.82, 2.24) is 4.98 Å². The SMILES string of the molecule is Cc1ccncc1C(=O)c1cc(Cl)cc(Br)c1. The highest BCUT2D eigenvalue weighted by Gasteiger charge is 2.12. The lowest BCUT2D eigenvalue weighted by molar-refractivity contribution is 0.103. The smallest absolute Gasteiger partial charge is 0.194 e. The van der Waals surface area contributed by atoms with E-state index in [1.165, 1.54) is 0 Å². The molecule has 0 aliphatic carbocycles. The van der Waals surface area contributed by atoms with Gasteiger partial charge in [0.2, 0.25) is 0 Å². The van der Waals surface area contributed by atoms with Gasteiger partial charge in [-0.15, -0.1) is 0 Å². The minimum atomic E-state index is -0.0706. The second-order valence-electron chi connectivity index (χ2n) is 3.68. The van der Waals surface area contributed by atoms with Gasteiger partial charge in [0.1, 0.15) is 0 Å². The number of benzene rings is 1. The molecule has 0 amide bonds. The zero-order chi connectivity index (χ0) is 12.4. The topological polar surface area (TPSA) is 30.0 Å². The van der Waals surface area contributed by atoms with Gasteiger partial charge < -0.3 is 0 Å². The molecular weight excluding hydrogens is 302 g/mol. The molecule has 0 fully saturated rings. The van der Waals surface area contributed by atoms with Crippen molar-refractivity contribution in [2.45, 2.75) is 6.92 Å². The van der Waals surface area contributed by atoms with E-state index in [0.717, 1.165) is 10.0 Å². The number of hydrogen-bond acceptors (Lipinski definition) is 2. The van der Waals surface area contributed by atoms with Crippen molar-refractivity contribution < 1.29 is 4.79 Å². The number of hydrogen-bond donors (Lipinski definition) is 0. The molecule has 0 aliphatic heterocycles. The van der Waals surface area contributed by atoms with Crippen LogP contribution in [-0.4, -0.2) is 10.8 Å². The highest BCUT2D eigenvalue weighted by atomic mass is 79.9. The number of halogens is 2. The second kappa shape index (κ2) is 4.98. The van der Waals surface area contributed by atoms with E-state index in [4.69, 9.17) is 11.6 Å². The first-order chi connectivity index (χ1) is 8.08. The van der Waals surface area contributed by atoms with E-state index in [9.17, 15) is 4.79 Å². The maximum atomic E-state index is 12.3. The van der Waals surface area contributed by atoms with Crippen LogP contribution in [0.25, 0.3) is 0 Å². The van der Waals surface area contributed by atoms with Crippen LogP contribution in [0.4, 0.5) is 0 Å². The maximum absolute atomic E-state index is 12.3. The lowest BCUT2D eigenvalue weighted by Gasteiger charge is -2.05. The molecule has 0 radical (unpaired) electrons. The van der Waals surface area contributed by atoms with Gasteiger partial charge in [-0.3, -0.25) is 9.78 Å². The molecule has 0 N–H and O–H groups in total. The molecule has 2 nitrogen and oxygen atoms in total. The summed E-state index contributed by atoms with van der Waals surface area (Å²) in [5.74, 6) is -0.0706. The normalized spacial score (nSPS) is 10.3. The van der Waals surface area contributed by atoms with Gasteiger partial charge in [-0.2, -0.15) is 0 Å². The number of carbonyl (C=O) groups excluding carboxylic acids is 1. The number of pyridine rings is 1. The molecule has 0 saturated heterocycles. The third kappa shape index (κ3) is 2.73. The molecule has 1 aromatic carbocycles. The molecule has 0 atom stereocenters. The van der Waals surface area contributed by atoms with E-state index in [0.29, 0.717) is 16.1 Å². The predicted molar refractivity (Wildman–Crippen MR) is 71.6 cm³/mol. The lowest BCUT2D eigenvalue weighted by Crippen LogP contribution is -2.04. The number of aryl methyl sites for hydroxylation is 1. The summed E-state index contributed by atoms with van der Waals surface area (Å²) in [6, 6.07) is 6.96. The Morgan fingerprint density at radius 1 is 1.35 bits per heavy atom.